The lowest BCUT2D eigenvalue weighted by molar-refractivity contribution is -0.384. The molecular weight excluding hydrogens is 206 g/mol. The molecule has 0 aromatic heterocycles. The fourth-order valence-corrected chi connectivity index (χ4v) is 1.72. The molecule has 0 atom stereocenters. The Bertz CT molecular complexity index is 461. The van der Waals surface area contributed by atoms with Gasteiger partial charge in [-0.15, -0.1) is 0 Å². The van der Waals surface area contributed by atoms with Crippen LogP contribution < -0.4 is 5.32 Å². The molecule has 1 saturated carbocycles. The highest BCUT2D eigenvalue weighted by Crippen LogP contribution is 2.31. The van der Waals surface area contributed by atoms with Gasteiger partial charge in [-0.25, -0.2) is 0 Å². The molecule has 16 heavy (non-hydrogen) atoms. The second kappa shape index (κ2) is 4.19. The van der Waals surface area contributed by atoms with Crippen LogP contribution in [-0.4, -0.2) is 11.0 Å². The maximum absolute atomic E-state index is 10.9. The molecule has 5 nitrogen and oxygen atoms in total. The Labute approximate surface area is 92.8 Å². The second-order valence-electron chi connectivity index (χ2n) is 3.84. The van der Waals surface area contributed by atoms with Gasteiger partial charge >= 0.3 is 5.69 Å². The Hall–Kier alpha value is -2.09. The lowest BCUT2D eigenvalue weighted by atomic mass is 9.93. The predicted octanol–water partition coefficient (Wildman–Crippen LogP) is 2.43. The van der Waals surface area contributed by atoms with Gasteiger partial charge in [-0.2, -0.15) is 5.26 Å². The third-order valence-electron chi connectivity index (χ3n) is 2.80. The van der Waals surface area contributed by atoms with Crippen molar-refractivity contribution in [3.8, 4) is 6.07 Å². The Morgan fingerprint density at radius 2 is 2.25 bits per heavy atom. The molecule has 0 spiro atoms. The summed E-state index contributed by atoms with van der Waals surface area (Å²) in [6, 6.07) is 6.93. The van der Waals surface area contributed by atoms with E-state index in [0.29, 0.717) is 11.7 Å². The van der Waals surface area contributed by atoms with E-state index >= 15 is 0 Å². The van der Waals surface area contributed by atoms with E-state index in [1.54, 1.807) is 12.1 Å². The number of nitro benzene ring substituents is 1. The number of benzene rings is 1. The van der Waals surface area contributed by atoms with Gasteiger partial charge < -0.3 is 5.32 Å². The van der Waals surface area contributed by atoms with E-state index in [2.05, 4.69) is 5.32 Å². The third kappa shape index (κ3) is 1.82. The third-order valence-corrected chi connectivity index (χ3v) is 2.80. The molecule has 5 heteroatoms. The van der Waals surface area contributed by atoms with Gasteiger partial charge in [0.2, 0.25) is 0 Å². The van der Waals surface area contributed by atoms with Crippen LogP contribution in [0.15, 0.2) is 18.2 Å². The minimum Gasteiger partial charge on any atom is -0.377 e. The summed E-state index contributed by atoms with van der Waals surface area (Å²) >= 11 is 0. The van der Waals surface area contributed by atoms with Gasteiger partial charge in [-0.3, -0.25) is 10.1 Å². The van der Waals surface area contributed by atoms with Crippen molar-refractivity contribution in [2.45, 2.75) is 25.3 Å². The Morgan fingerprint density at radius 3 is 2.75 bits per heavy atom. The summed E-state index contributed by atoms with van der Waals surface area (Å²) in [4.78, 5) is 10.4. The van der Waals surface area contributed by atoms with Crippen LogP contribution in [0.4, 0.5) is 11.4 Å². The summed E-state index contributed by atoms with van der Waals surface area (Å²) in [5, 5.41) is 22.8. The van der Waals surface area contributed by atoms with E-state index < -0.39 is 4.92 Å². The molecule has 2 rings (SSSR count). The van der Waals surface area contributed by atoms with Crippen molar-refractivity contribution < 1.29 is 4.92 Å². The van der Waals surface area contributed by atoms with E-state index in [1.165, 1.54) is 6.07 Å². The van der Waals surface area contributed by atoms with Crippen molar-refractivity contribution in [1.29, 1.82) is 5.26 Å². The number of nitriles is 1. The number of hydrogen-bond donors (Lipinski definition) is 1. The number of nitro groups is 1. The monoisotopic (exact) mass is 217 g/mol. The Balaban J connectivity index is 2.35. The van der Waals surface area contributed by atoms with Crippen LogP contribution in [0.5, 0.6) is 0 Å². The SMILES string of the molecule is N#Cc1cccc(NC2CCC2)c1[N+](=O)[O-]. The van der Waals surface area contributed by atoms with Gasteiger partial charge in [0.15, 0.2) is 0 Å². The first-order chi connectivity index (χ1) is 7.72. The maximum Gasteiger partial charge on any atom is 0.309 e. The molecule has 0 aliphatic heterocycles. The zero-order chi connectivity index (χ0) is 11.5. The van der Waals surface area contributed by atoms with Crippen LogP contribution in [0.25, 0.3) is 0 Å². The minimum atomic E-state index is -0.500. The first-order valence-corrected chi connectivity index (χ1v) is 5.16. The molecule has 0 heterocycles. The molecule has 0 bridgehead atoms. The fraction of sp³-hybridized carbons (Fsp3) is 0.364. The zero-order valence-electron chi connectivity index (χ0n) is 8.64. The number of hydrogen-bond acceptors (Lipinski definition) is 4. The highest BCUT2D eigenvalue weighted by Gasteiger charge is 2.24. The van der Waals surface area contributed by atoms with Crippen LogP contribution in [0.3, 0.4) is 0 Å². The predicted molar refractivity (Wildman–Crippen MR) is 59.1 cm³/mol. The Morgan fingerprint density at radius 1 is 1.50 bits per heavy atom. The number of nitrogens with one attached hydrogen (secondary N) is 1. The zero-order valence-corrected chi connectivity index (χ0v) is 8.64. The quantitative estimate of drug-likeness (QED) is 0.622. The van der Waals surface area contributed by atoms with Gasteiger partial charge in [0, 0.05) is 6.04 Å². The van der Waals surface area contributed by atoms with Crippen LogP contribution in [0.1, 0.15) is 24.8 Å². The van der Waals surface area contributed by atoms with E-state index in [0.717, 1.165) is 19.3 Å². The average Bonchev–Trinajstić information content (AvgIpc) is 2.22. The van der Waals surface area contributed by atoms with E-state index in [1.807, 2.05) is 6.07 Å². The summed E-state index contributed by atoms with van der Waals surface area (Å²) in [5.41, 5.74) is 0.444. The average molecular weight is 217 g/mol. The topological polar surface area (TPSA) is 79.0 Å². The largest absolute Gasteiger partial charge is 0.377 e. The highest BCUT2D eigenvalue weighted by atomic mass is 16.6. The van der Waals surface area contributed by atoms with Crippen molar-refractivity contribution in [2.24, 2.45) is 0 Å². The van der Waals surface area contributed by atoms with Gasteiger partial charge in [-0.05, 0) is 31.4 Å². The van der Waals surface area contributed by atoms with E-state index in [9.17, 15) is 10.1 Å². The molecule has 0 amide bonds. The first-order valence-electron chi connectivity index (χ1n) is 5.16. The van der Waals surface area contributed by atoms with Crippen molar-refractivity contribution >= 4 is 11.4 Å². The lowest BCUT2D eigenvalue weighted by Gasteiger charge is -2.27. The molecule has 0 saturated heterocycles. The number of para-hydroxylation sites is 1. The number of nitrogens with zero attached hydrogens (tertiary/aromatic N) is 2. The molecule has 82 valence electrons. The van der Waals surface area contributed by atoms with Gasteiger partial charge in [0.25, 0.3) is 0 Å². The molecule has 1 aromatic rings. The summed E-state index contributed by atoms with van der Waals surface area (Å²) in [7, 11) is 0. The molecular formula is C11H11N3O2. The molecule has 1 aliphatic carbocycles. The lowest BCUT2D eigenvalue weighted by Crippen LogP contribution is -2.27. The number of rotatable bonds is 3. The van der Waals surface area contributed by atoms with Gasteiger partial charge in [-0.1, -0.05) is 6.07 Å². The fourth-order valence-electron chi connectivity index (χ4n) is 1.72. The second-order valence-corrected chi connectivity index (χ2v) is 3.84. The summed E-state index contributed by atoms with van der Waals surface area (Å²) < 4.78 is 0. The summed E-state index contributed by atoms with van der Waals surface area (Å²) in [5.74, 6) is 0. The Kier molecular flexibility index (Phi) is 2.73. The highest BCUT2D eigenvalue weighted by molar-refractivity contribution is 5.68. The van der Waals surface area contributed by atoms with Crippen molar-refractivity contribution in [3.05, 3.63) is 33.9 Å². The van der Waals surface area contributed by atoms with Crippen LogP contribution in [0.2, 0.25) is 0 Å². The molecule has 0 radical (unpaired) electrons. The van der Waals surface area contributed by atoms with Crippen molar-refractivity contribution in [2.75, 3.05) is 5.32 Å². The smallest absolute Gasteiger partial charge is 0.309 e. The van der Waals surface area contributed by atoms with E-state index in [4.69, 9.17) is 5.26 Å². The van der Waals surface area contributed by atoms with Gasteiger partial charge in [0.05, 0.1) is 4.92 Å². The van der Waals surface area contributed by atoms with Crippen LogP contribution >= 0.6 is 0 Å². The standard InChI is InChI=1S/C11H11N3O2/c12-7-8-3-1-6-10(11(8)14(15)16)13-9-4-2-5-9/h1,3,6,9,13H,2,4-5H2. The molecule has 0 unspecified atom stereocenters. The minimum absolute atomic E-state index is 0.106. The number of anilines is 1. The molecule has 1 aromatic carbocycles. The summed E-state index contributed by atoms with van der Waals surface area (Å²) in [6.07, 6.45) is 3.23. The van der Waals surface area contributed by atoms with Crippen molar-refractivity contribution in [1.82, 2.24) is 0 Å². The van der Waals surface area contributed by atoms with Crippen LogP contribution in [0, 0.1) is 21.4 Å². The summed E-state index contributed by atoms with van der Waals surface area (Å²) in [6.45, 7) is 0. The first kappa shape index (κ1) is 10.4. The maximum atomic E-state index is 10.9. The van der Waals surface area contributed by atoms with Crippen LogP contribution in [-0.2, 0) is 0 Å². The molecule has 1 fully saturated rings. The van der Waals surface area contributed by atoms with Gasteiger partial charge in [0.1, 0.15) is 17.3 Å². The molecule has 1 N–H and O–H groups in total. The molecule has 1 aliphatic rings. The van der Waals surface area contributed by atoms with Crippen molar-refractivity contribution in [3.63, 3.8) is 0 Å². The normalized spacial score (nSPS) is 14.9. The van der Waals surface area contributed by atoms with E-state index in [-0.39, 0.29) is 11.3 Å².